The number of anilines is 1. The van der Waals surface area contributed by atoms with E-state index in [0.717, 1.165) is 21.3 Å². The molecular formula is C13H16ClN3S2. The van der Waals surface area contributed by atoms with E-state index in [1.54, 1.807) is 11.3 Å². The summed E-state index contributed by atoms with van der Waals surface area (Å²) >= 11 is 9.64. The predicted octanol–water partition coefficient (Wildman–Crippen LogP) is 4.35. The van der Waals surface area contributed by atoms with E-state index in [4.69, 9.17) is 11.6 Å². The second kappa shape index (κ2) is 5.46. The number of aromatic nitrogens is 2. The van der Waals surface area contributed by atoms with Gasteiger partial charge < -0.3 is 5.32 Å². The Morgan fingerprint density at radius 1 is 1.42 bits per heavy atom. The molecule has 0 spiro atoms. The molecule has 0 aliphatic heterocycles. The number of thioether (sulfide) groups is 1. The average Bonchev–Trinajstić information content (AvgIpc) is 2.94. The Morgan fingerprint density at radius 3 is 3.00 bits per heavy atom. The van der Waals surface area contributed by atoms with Crippen LogP contribution >= 0.6 is 34.7 Å². The van der Waals surface area contributed by atoms with Gasteiger partial charge in [0.15, 0.2) is 0 Å². The fourth-order valence-electron chi connectivity index (χ4n) is 2.60. The molecule has 2 aromatic rings. The molecule has 0 saturated heterocycles. The molecule has 1 N–H and O–H groups in total. The Hall–Kier alpha value is -0.520. The number of hydrogen-bond acceptors (Lipinski definition) is 5. The van der Waals surface area contributed by atoms with Crippen LogP contribution in [0.25, 0.3) is 10.2 Å². The lowest BCUT2D eigenvalue weighted by molar-refractivity contribution is 0.753. The molecule has 2 unspecified atom stereocenters. The molecule has 0 radical (unpaired) electrons. The maximum atomic E-state index is 6.01. The van der Waals surface area contributed by atoms with E-state index in [9.17, 15) is 0 Å². The summed E-state index contributed by atoms with van der Waals surface area (Å²) in [5.41, 5.74) is 0. The smallest absolute Gasteiger partial charge is 0.225 e. The van der Waals surface area contributed by atoms with Crippen LogP contribution in [0.3, 0.4) is 0 Å². The van der Waals surface area contributed by atoms with Crippen molar-refractivity contribution < 1.29 is 0 Å². The largest absolute Gasteiger partial charge is 0.367 e. The van der Waals surface area contributed by atoms with Crippen LogP contribution in [0.5, 0.6) is 0 Å². The van der Waals surface area contributed by atoms with E-state index in [2.05, 4.69) is 34.5 Å². The van der Waals surface area contributed by atoms with Crippen LogP contribution in [-0.2, 0) is 0 Å². The van der Waals surface area contributed by atoms with Gasteiger partial charge in [-0.25, -0.2) is 9.97 Å². The lowest BCUT2D eigenvalue weighted by atomic mass is 10.2. The molecule has 1 saturated carbocycles. The summed E-state index contributed by atoms with van der Waals surface area (Å²) in [4.78, 5) is 10.9. The van der Waals surface area contributed by atoms with Gasteiger partial charge in [0, 0.05) is 16.2 Å². The molecule has 1 aliphatic rings. The summed E-state index contributed by atoms with van der Waals surface area (Å²) in [5.74, 6) is 0.895. The minimum absolute atomic E-state index is 0.330. The molecule has 6 heteroatoms. The molecule has 102 valence electrons. The minimum Gasteiger partial charge on any atom is -0.367 e. The van der Waals surface area contributed by atoms with Crippen molar-refractivity contribution in [2.24, 2.45) is 0 Å². The van der Waals surface area contributed by atoms with Gasteiger partial charge in [0.05, 0.1) is 5.39 Å². The number of thiophene rings is 1. The van der Waals surface area contributed by atoms with Crippen LogP contribution in [0.15, 0.2) is 6.07 Å². The second-order valence-electron chi connectivity index (χ2n) is 4.93. The highest BCUT2D eigenvalue weighted by Crippen LogP contribution is 2.33. The molecule has 0 bridgehead atoms. The van der Waals surface area contributed by atoms with Gasteiger partial charge in [-0.05, 0) is 50.1 Å². The highest BCUT2D eigenvalue weighted by molar-refractivity contribution is 7.99. The van der Waals surface area contributed by atoms with Crippen LogP contribution in [0.1, 0.15) is 24.1 Å². The van der Waals surface area contributed by atoms with Crippen LogP contribution in [0, 0.1) is 6.92 Å². The second-order valence-corrected chi connectivity index (χ2v) is 7.64. The number of aryl methyl sites for hydroxylation is 1. The van der Waals surface area contributed by atoms with Crippen molar-refractivity contribution >= 4 is 50.7 Å². The molecule has 1 aliphatic carbocycles. The third kappa shape index (κ3) is 2.83. The number of nitrogens with zero attached hydrogens (tertiary/aromatic N) is 2. The Bertz CT molecular complexity index is 599. The van der Waals surface area contributed by atoms with Gasteiger partial charge in [0.2, 0.25) is 5.28 Å². The maximum Gasteiger partial charge on any atom is 0.225 e. The van der Waals surface area contributed by atoms with Crippen molar-refractivity contribution in [2.75, 3.05) is 11.6 Å². The van der Waals surface area contributed by atoms with Crippen LogP contribution < -0.4 is 5.32 Å². The van der Waals surface area contributed by atoms with E-state index in [0.29, 0.717) is 11.3 Å². The van der Waals surface area contributed by atoms with Crippen molar-refractivity contribution in [3.05, 3.63) is 16.2 Å². The zero-order chi connectivity index (χ0) is 13.4. The molecule has 2 aromatic heterocycles. The van der Waals surface area contributed by atoms with E-state index in [-0.39, 0.29) is 0 Å². The van der Waals surface area contributed by atoms with Gasteiger partial charge in [0.25, 0.3) is 0 Å². The normalized spacial score (nSPS) is 23.1. The monoisotopic (exact) mass is 313 g/mol. The van der Waals surface area contributed by atoms with Gasteiger partial charge in [-0.15, -0.1) is 11.3 Å². The van der Waals surface area contributed by atoms with E-state index in [1.165, 1.54) is 24.1 Å². The first-order valence-electron chi connectivity index (χ1n) is 6.38. The number of halogens is 1. The van der Waals surface area contributed by atoms with Gasteiger partial charge in [-0.2, -0.15) is 11.8 Å². The van der Waals surface area contributed by atoms with Crippen LogP contribution in [-0.4, -0.2) is 27.5 Å². The first-order valence-corrected chi connectivity index (χ1v) is 8.87. The Morgan fingerprint density at radius 2 is 2.26 bits per heavy atom. The fourth-order valence-corrected chi connectivity index (χ4v) is 4.50. The first kappa shape index (κ1) is 13.5. The quantitative estimate of drug-likeness (QED) is 0.855. The first-order chi connectivity index (χ1) is 9.15. The molecule has 3 nitrogen and oxygen atoms in total. The van der Waals surface area contributed by atoms with Crippen LogP contribution in [0.4, 0.5) is 5.82 Å². The third-order valence-electron chi connectivity index (χ3n) is 3.55. The lowest BCUT2D eigenvalue weighted by Crippen LogP contribution is -2.17. The van der Waals surface area contributed by atoms with Crippen molar-refractivity contribution in [1.82, 2.24) is 9.97 Å². The molecule has 19 heavy (non-hydrogen) atoms. The van der Waals surface area contributed by atoms with E-state index < -0.39 is 0 Å². The molecule has 3 rings (SSSR count). The van der Waals surface area contributed by atoms with Crippen LogP contribution in [0.2, 0.25) is 5.28 Å². The van der Waals surface area contributed by atoms with Crippen molar-refractivity contribution in [3.63, 3.8) is 0 Å². The summed E-state index contributed by atoms with van der Waals surface area (Å²) < 4.78 is 0. The van der Waals surface area contributed by atoms with Gasteiger partial charge in [0.1, 0.15) is 10.6 Å². The molecule has 0 aromatic carbocycles. The Balaban J connectivity index is 1.88. The third-order valence-corrected chi connectivity index (χ3v) is 5.76. The summed E-state index contributed by atoms with van der Waals surface area (Å²) in [6.07, 6.45) is 5.88. The number of fused-ring (bicyclic) bond motifs is 1. The average molecular weight is 314 g/mol. The van der Waals surface area contributed by atoms with E-state index >= 15 is 0 Å². The highest BCUT2D eigenvalue weighted by Gasteiger charge is 2.24. The topological polar surface area (TPSA) is 37.8 Å². The summed E-state index contributed by atoms with van der Waals surface area (Å²) in [5, 5.41) is 5.76. The number of hydrogen-bond donors (Lipinski definition) is 1. The van der Waals surface area contributed by atoms with Gasteiger partial charge in [-0.3, -0.25) is 0 Å². The molecule has 2 atom stereocenters. The molecular weight excluding hydrogens is 298 g/mol. The zero-order valence-corrected chi connectivity index (χ0v) is 13.3. The SMILES string of the molecule is CSC1CCC(Nc2nc(Cl)nc3sc(C)cc23)C1. The Kier molecular flexibility index (Phi) is 3.87. The van der Waals surface area contributed by atoms with Crippen molar-refractivity contribution in [3.8, 4) is 0 Å². The Labute approximate surface area is 126 Å². The summed E-state index contributed by atoms with van der Waals surface area (Å²) in [6.45, 7) is 2.09. The summed E-state index contributed by atoms with van der Waals surface area (Å²) in [6, 6.07) is 2.64. The highest BCUT2D eigenvalue weighted by atomic mass is 35.5. The van der Waals surface area contributed by atoms with Gasteiger partial charge in [-0.1, -0.05) is 0 Å². The van der Waals surface area contributed by atoms with E-state index in [1.807, 2.05) is 11.8 Å². The van der Waals surface area contributed by atoms with Crippen molar-refractivity contribution in [1.29, 1.82) is 0 Å². The number of rotatable bonds is 3. The molecule has 1 fully saturated rings. The molecule has 0 amide bonds. The predicted molar refractivity (Wildman–Crippen MR) is 85.7 cm³/mol. The lowest BCUT2D eigenvalue weighted by Gasteiger charge is -2.14. The zero-order valence-electron chi connectivity index (χ0n) is 10.9. The fraction of sp³-hybridized carbons (Fsp3) is 0.538. The number of nitrogens with one attached hydrogen (secondary N) is 1. The van der Waals surface area contributed by atoms with Gasteiger partial charge >= 0.3 is 0 Å². The summed E-state index contributed by atoms with van der Waals surface area (Å²) in [7, 11) is 0. The minimum atomic E-state index is 0.330. The molecule has 2 heterocycles. The standard InChI is InChI=1S/C13H16ClN3S2/c1-7-5-10-11(16-13(14)17-12(10)19-7)15-8-3-4-9(6-8)18-2/h5,8-9H,3-4,6H2,1-2H3,(H,15,16,17). The van der Waals surface area contributed by atoms with Crippen molar-refractivity contribution in [2.45, 2.75) is 37.5 Å². The maximum absolute atomic E-state index is 6.01.